The van der Waals surface area contributed by atoms with Crippen molar-refractivity contribution >= 4 is 0 Å². The molecule has 0 saturated heterocycles. The fraction of sp³-hybridized carbons (Fsp3) is 1.00. The molecule has 66 valence electrons. The van der Waals surface area contributed by atoms with Gasteiger partial charge in [-0.1, -0.05) is 0 Å². The Kier molecular flexibility index (Phi) is 1.92. The summed E-state index contributed by atoms with van der Waals surface area (Å²) in [4.78, 5) is 0. The maximum atomic E-state index is 12.6. The van der Waals surface area contributed by atoms with Gasteiger partial charge in [0, 0.05) is 12.8 Å². The molecule has 2 unspecified atom stereocenters. The van der Waals surface area contributed by atoms with Crippen LogP contribution < -0.4 is 0 Å². The van der Waals surface area contributed by atoms with Gasteiger partial charge in [0.25, 0.3) is 5.92 Å². The van der Waals surface area contributed by atoms with Crippen LogP contribution in [0.5, 0.6) is 0 Å². The van der Waals surface area contributed by atoms with Crippen molar-refractivity contribution in [3.63, 3.8) is 0 Å². The first kappa shape index (κ1) is 8.87. The standard InChI is InChI=1S/C7H12F2O2/c1-6(11)4-7(8,9)3-2-5(6)10/h5,10-11H,2-4H2,1H3. The lowest BCUT2D eigenvalue weighted by atomic mass is 9.81. The lowest BCUT2D eigenvalue weighted by Gasteiger charge is -2.37. The monoisotopic (exact) mass is 166 g/mol. The summed E-state index contributed by atoms with van der Waals surface area (Å²) in [6, 6.07) is 0. The third kappa shape index (κ3) is 1.87. The molecule has 4 heteroatoms. The number of halogens is 2. The van der Waals surface area contributed by atoms with Crippen molar-refractivity contribution in [1.29, 1.82) is 0 Å². The third-order valence-corrected chi connectivity index (χ3v) is 2.12. The SMILES string of the molecule is CC1(O)CC(F)(F)CCC1O. The second kappa shape index (κ2) is 2.38. The molecule has 0 amide bonds. The maximum Gasteiger partial charge on any atom is 0.251 e. The molecule has 0 bridgehead atoms. The Labute approximate surface area is 63.8 Å². The van der Waals surface area contributed by atoms with E-state index in [1.165, 1.54) is 6.92 Å². The molecule has 2 atom stereocenters. The zero-order chi connectivity index (χ0) is 8.70. The van der Waals surface area contributed by atoms with E-state index in [2.05, 4.69) is 0 Å². The van der Waals surface area contributed by atoms with Crippen LogP contribution in [-0.2, 0) is 0 Å². The Morgan fingerprint density at radius 3 is 2.36 bits per heavy atom. The van der Waals surface area contributed by atoms with E-state index in [-0.39, 0.29) is 12.8 Å². The van der Waals surface area contributed by atoms with Gasteiger partial charge >= 0.3 is 0 Å². The summed E-state index contributed by atoms with van der Waals surface area (Å²) < 4.78 is 25.2. The van der Waals surface area contributed by atoms with Crippen molar-refractivity contribution in [3.05, 3.63) is 0 Å². The van der Waals surface area contributed by atoms with Gasteiger partial charge < -0.3 is 10.2 Å². The number of alkyl halides is 2. The molecule has 1 aliphatic rings. The average Bonchev–Trinajstić information content (AvgIpc) is 1.77. The Morgan fingerprint density at radius 2 is 2.00 bits per heavy atom. The van der Waals surface area contributed by atoms with Gasteiger partial charge in [-0.15, -0.1) is 0 Å². The predicted octanol–water partition coefficient (Wildman–Crippen LogP) is 0.917. The summed E-state index contributed by atoms with van der Waals surface area (Å²) >= 11 is 0. The summed E-state index contributed by atoms with van der Waals surface area (Å²) in [6.45, 7) is 1.24. The van der Waals surface area contributed by atoms with Crippen LogP contribution in [0.3, 0.4) is 0 Å². The molecular weight excluding hydrogens is 154 g/mol. The fourth-order valence-corrected chi connectivity index (χ4v) is 1.39. The van der Waals surface area contributed by atoms with Crippen molar-refractivity contribution in [3.8, 4) is 0 Å². The van der Waals surface area contributed by atoms with Gasteiger partial charge in [-0.25, -0.2) is 8.78 Å². The summed E-state index contributed by atoms with van der Waals surface area (Å²) in [6.07, 6.45) is -2.01. The lowest BCUT2D eigenvalue weighted by molar-refractivity contribution is -0.169. The number of rotatable bonds is 0. The lowest BCUT2D eigenvalue weighted by Crippen LogP contribution is -2.48. The van der Waals surface area contributed by atoms with E-state index in [0.29, 0.717) is 0 Å². The molecule has 1 fully saturated rings. The average molecular weight is 166 g/mol. The second-order valence-corrected chi connectivity index (χ2v) is 3.44. The highest BCUT2D eigenvalue weighted by atomic mass is 19.3. The van der Waals surface area contributed by atoms with Gasteiger partial charge in [-0.3, -0.25) is 0 Å². The minimum atomic E-state index is -2.82. The molecular formula is C7H12F2O2. The van der Waals surface area contributed by atoms with E-state index in [4.69, 9.17) is 5.11 Å². The summed E-state index contributed by atoms with van der Waals surface area (Å²) in [5, 5.41) is 18.3. The van der Waals surface area contributed by atoms with Gasteiger partial charge in [0.2, 0.25) is 0 Å². The molecule has 11 heavy (non-hydrogen) atoms. The van der Waals surface area contributed by atoms with Crippen LogP contribution in [0.15, 0.2) is 0 Å². The second-order valence-electron chi connectivity index (χ2n) is 3.44. The molecule has 0 aromatic carbocycles. The van der Waals surface area contributed by atoms with Crippen LogP contribution >= 0.6 is 0 Å². The molecule has 0 spiro atoms. The van der Waals surface area contributed by atoms with Crippen LogP contribution in [0.1, 0.15) is 26.2 Å². The Balaban J connectivity index is 2.67. The zero-order valence-electron chi connectivity index (χ0n) is 6.35. The highest BCUT2D eigenvalue weighted by Gasteiger charge is 2.47. The van der Waals surface area contributed by atoms with E-state index in [1.807, 2.05) is 0 Å². The van der Waals surface area contributed by atoms with Gasteiger partial charge in [0.1, 0.15) is 0 Å². The minimum Gasteiger partial charge on any atom is -0.390 e. The number of aliphatic hydroxyl groups excluding tert-OH is 1. The van der Waals surface area contributed by atoms with Gasteiger partial charge in [0.05, 0.1) is 11.7 Å². The molecule has 0 aromatic rings. The molecule has 1 rings (SSSR count). The Morgan fingerprint density at radius 1 is 1.45 bits per heavy atom. The Bertz CT molecular complexity index is 157. The fourth-order valence-electron chi connectivity index (χ4n) is 1.39. The van der Waals surface area contributed by atoms with E-state index < -0.39 is 24.0 Å². The maximum absolute atomic E-state index is 12.6. The molecule has 0 heterocycles. The predicted molar refractivity (Wildman–Crippen MR) is 35.4 cm³/mol. The molecule has 0 aromatic heterocycles. The summed E-state index contributed by atoms with van der Waals surface area (Å²) in [7, 11) is 0. The van der Waals surface area contributed by atoms with Crippen molar-refractivity contribution in [2.24, 2.45) is 0 Å². The van der Waals surface area contributed by atoms with Gasteiger partial charge in [-0.2, -0.15) is 0 Å². The number of hydrogen-bond donors (Lipinski definition) is 2. The quantitative estimate of drug-likeness (QED) is 0.561. The molecule has 0 aliphatic heterocycles. The number of hydrogen-bond acceptors (Lipinski definition) is 2. The van der Waals surface area contributed by atoms with E-state index in [1.54, 1.807) is 0 Å². The van der Waals surface area contributed by atoms with Crippen LogP contribution in [-0.4, -0.2) is 27.8 Å². The summed E-state index contributed by atoms with van der Waals surface area (Å²) in [5.74, 6) is -2.82. The van der Waals surface area contributed by atoms with Crippen LogP contribution in [0.2, 0.25) is 0 Å². The highest BCUT2D eigenvalue weighted by molar-refractivity contribution is 4.93. The van der Waals surface area contributed by atoms with Crippen molar-refractivity contribution in [2.75, 3.05) is 0 Å². The van der Waals surface area contributed by atoms with Crippen LogP contribution in [0.4, 0.5) is 8.78 Å². The molecule has 0 radical (unpaired) electrons. The minimum absolute atomic E-state index is 0.0278. The molecule has 2 N–H and O–H groups in total. The Hall–Kier alpha value is -0.220. The zero-order valence-corrected chi connectivity index (χ0v) is 6.35. The van der Waals surface area contributed by atoms with E-state index in [9.17, 15) is 13.9 Å². The van der Waals surface area contributed by atoms with Gasteiger partial charge in [-0.05, 0) is 13.3 Å². The first-order valence-corrected chi connectivity index (χ1v) is 3.62. The van der Waals surface area contributed by atoms with Crippen LogP contribution in [0.25, 0.3) is 0 Å². The van der Waals surface area contributed by atoms with Crippen molar-refractivity contribution < 1.29 is 19.0 Å². The third-order valence-electron chi connectivity index (χ3n) is 2.12. The van der Waals surface area contributed by atoms with E-state index >= 15 is 0 Å². The highest BCUT2D eigenvalue weighted by Crippen LogP contribution is 2.38. The first-order chi connectivity index (χ1) is 4.83. The normalized spacial score (nSPS) is 43.9. The topological polar surface area (TPSA) is 40.5 Å². The first-order valence-electron chi connectivity index (χ1n) is 3.62. The van der Waals surface area contributed by atoms with Crippen molar-refractivity contribution in [2.45, 2.75) is 43.8 Å². The molecule has 1 aliphatic carbocycles. The smallest absolute Gasteiger partial charge is 0.251 e. The van der Waals surface area contributed by atoms with E-state index in [0.717, 1.165) is 0 Å². The van der Waals surface area contributed by atoms with Gasteiger partial charge in [0.15, 0.2) is 0 Å². The molecule has 2 nitrogen and oxygen atoms in total. The molecule has 1 saturated carbocycles. The number of aliphatic hydroxyl groups is 2. The van der Waals surface area contributed by atoms with Crippen LogP contribution in [0, 0.1) is 0 Å². The largest absolute Gasteiger partial charge is 0.390 e. The summed E-state index contributed by atoms with van der Waals surface area (Å²) in [5.41, 5.74) is -1.62. The van der Waals surface area contributed by atoms with Crippen molar-refractivity contribution in [1.82, 2.24) is 0 Å².